The SMILES string of the molecule is CCOc1cc(CN2CCCCC2)cc(OCC)c1F. The lowest BCUT2D eigenvalue weighted by atomic mass is 10.1. The molecule has 112 valence electrons. The first-order valence-electron chi connectivity index (χ1n) is 7.55. The molecule has 1 fully saturated rings. The van der Waals surface area contributed by atoms with Gasteiger partial charge in [0.05, 0.1) is 13.2 Å². The van der Waals surface area contributed by atoms with Crippen LogP contribution >= 0.6 is 0 Å². The molecule has 1 aromatic carbocycles. The lowest BCUT2D eigenvalue weighted by Crippen LogP contribution is -2.29. The van der Waals surface area contributed by atoms with E-state index in [1.54, 1.807) is 12.1 Å². The maximum atomic E-state index is 14.1. The maximum absolute atomic E-state index is 14.1. The van der Waals surface area contributed by atoms with Crippen LogP contribution in [-0.2, 0) is 6.54 Å². The summed E-state index contributed by atoms with van der Waals surface area (Å²) in [7, 11) is 0. The number of hydrogen-bond donors (Lipinski definition) is 0. The van der Waals surface area contributed by atoms with Crippen molar-refractivity contribution in [2.24, 2.45) is 0 Å². The van der Waals surface area contributed by atoms with Gasteiger partial charge in [-0.3, -0.25) is 4.90 Å². The third-order valence-electron chi connectivity index (χ3n) is 3.52. The predicted molar refractivity (Wildman–Crippen MR) is 77.9 cm³/mol. The zero-order chi connectivity index (χ0) is 14.4. The Kier molecular flexibility index (Phi) is 5.65. The number of ether oxygens (including phenoxy) is 2. The molecule has 3 nitrogen and oxygen atoms in total. The van der Waals surface area contributed by atoms with Crippen molar-refractivity contribution in [2.75, 3.05) is 26.3 Å². The van der Waals surface area contributed by atoms with Crippen LogP contribution in [0, 0.1) is 5.82 Å². The van der Waals surface area contributed by atoms with Gasteiger partial charge in [0, 0.05) is 6.54 Å². The molecule has 0 aromatic heterocycles. The van der Waals surface area contributed by atoms with Crippen molar-refractivity contribution in [1.29, 1.82) is 0 Å². The van der Waals surface area contributed by atoms with E-state index in [2.05, 4.69) is 4.90 Å². The highest BCUT2D eigenvalue weighted by molar-refractivity contribution is 5.40. The number of halogens is 1. The molecule has 2 rings (SSSR count). The Morgan fingerprint density at radius 2 is 1.55 bits per heavy atom. The van der Waals surface area contributed by atoms with E-state index < -0.39 is 5.82 Å². The molecular weight excluding hydrogens is 257 g/mol. The van der Waals surface area contributed by atoms with E-state index in [0.29, 0.717) is 24.7 Å². The number of hydrogen-bond acceptors (Lipinski definition) is 3. The van der Waals surface area contributed by atoms with Crippen molar-refractivity contribution in [2.45, 2.75) is 39.7 Å². The Hall–Kier alpha value is -1.29. The first kappa shape index (κ1) is 15.1. The second-order valence-corrected chi connectivity index (χ2v) is 5.11. The van der Waals surface area contributed by atoms with Gasteiger partial charge < -0.3 is 9.47 Å². The molecule has 20 heavy (non-hydrogen) atoms. The van der Waals surface area contributed by atoms with Crippen LogP contribution in [0.3, 0.4) is 0 Å². The smallest absolute Gasteiger partial charge is 0.206 e. The van der Waals surface area contributed by atoms with Crippen molar-refractivity contribution >= 4 is 0 Å². The Balaban J connectivity index is 2.17. The molecule has 0 amide bonds. The van der Waals surface area contributed by atoms with Gasteiger partial charge in [-0.25, -0.2) is 0 Å². The highest BCUT2D eigenvalue weighted by Crippen LogP contribution is 2.30. The lowest BCUT2D eigenvalue weighted by molar-refractivity contribution is 0.219. The molecule has 0 spiro atoms. The highest BCUT2D eigenvalue weighted by Gasteiger charge is 2.16. The van der Waals surface area contributed by atoms with Gasteiger partial charge in [0.1, 0.15) is 0 Å². The third kappa shape index (κ3) is 3.85. The third-order valence-corrected chi connectivity index (χ3v) is 3.52. The summed E-state index contributed by atoms with van der Waals surface area (Å²) < 4.78 is 24.9. The number of benzene rings is 1. The number of piperidine rings is 1. The van der Waals surface area contributed by atoms with Gasteiger partial charge in [-0.05, 0) is 57.5 Å². The second kappa shape index (κ2) is 7.48. The monoisotopic (exact) mass is 281 g/mol. The molecular formula is C16H24FNO2. The molecule has 0 saturated carbocycles. The van der Waals surface area contributed by atoms with Crippen molar-refractivity contribution in [3.05, 3.63) is 23.5 Å². The van der Waals surface area contributed by atoms with Gasteiger partial charge in [0.15, 0.2) is 11.5 Å². The molecule has 0 bridgehead atoms. The minimum atomic E-state index is -0.393. The molecule has 4 heteroatoms. The largest absolute Gasteiger partial charge is 0.491 e. The molecule has 0 unspecified atom stereocenters. The fourth-order valence-electron chi connectivity index (χ4n) is 2.61. The van der Waals surface area contributed by atoms with Crippen molar-refractivity contribution in [3.63, 3.8) is 0 Å². The topological polar surface area (TPSA) is 21.7 Å². The summed E-state index contributed by atoms with van der Waals surface area (Å²) in [6, 6.07) is 3.60. The number of nitrogens with zero attached hydrogens (tertiary/aromatic N) is 1. The fraction of sp³-hybridized carbons (Fsp3) is 0.625. The average Bonchev–Trinajstić information content (AvgIpc) is 2.45. The predicted octanol–water partition coefficient (Wildman–Crippen LogP) is 3.61. The van der Waals surface area contributed by atoms with Crippen molar-refractivity contribution in [3.8, 4) is 11.5 Å². The number of likely N-dealkylation sites (tertiary alicyclic amines) is 1. The van der Waals surface area contributed by atoms with Crippen LogP contribution in [0.4, 0.5) is 4.39 Å². The lowest BCUT2D eigenvalue weighted by Gasteiger charge is -2.26. The first-order valence-corrected chi connectivity index (χ1v) is 7.55. The van der Waals surface area contributed by atoms with Gasteiger partial charge in [0.2, 0.25) is 5.82 Å². The minimum absolute atomic E-state index is 0.297. The Morgan fingerprint density at radius 1 is 1.00 bits per heavy atom. The highest BCUT2D eigenvalue weighted by atomic mass is 19.1. The second-order valence-electron chi connectivity index (χ2n) is 5.11. The normalized spacial score (nSPS) is 16.1. The van der Waals surface area contributed by atoms with E-state index >= 15 is 0 Å². The standard InChI is InChI=1S/C16H24FNO2/c1-3-19-14-10-13(11-15(16(14)17)20-4-2)12-18-8-6-5-7-9-18/h10-11H,3-9,12H2,1-2H3. The molecule has 1 heterocycles. The van der Waals surface area contributed by atoms with Gasteiger partial charge in [-0.15, -0.1) is 0 Å². The first-order chi connectivity index (χ1) is 9.74. The summed E-state index contributed by atoms with van der Waals surface area (Å²) >= 11 is 0. The molecule has 1 saturated heterocycles. The van der Waals surface area contributed by atoms with Crippen LogP contribution in [-0.4, -0.2) is 31.2 Å². The fourth-order valence-corrected chi connectivity index (χ4v) is 2.61. The molecule has 0 radical (unpaired) electrons. The quantitative estimate of drug-likeness (QED) is 0.795. The molecule has 0 aliphatic carbocycles. The van der Waals surface area contributed by atoms with E-state index in [9.17, 15) is 4.39 Å². The summed E-state index contributed by atoms with van der Waals surface area (Å²) in [4.78, 5) is 2.40. The van der Waals surface area contributed by atoms with E-state index in [1.807, 2.05) is 13.8 Å². The summed E-state index contributed by atoms with van der Waals surface area (Å²) in [5.41, 5.74) is 1.06. The van der Waals surface area contributed by atoms with E-state index in [1.165, 1.54) is 19.3 Å². The summed E-state index contributed by atoms with van der Waals surface area (Å²) in [6.07, 6.45) is 3.81. The van der Waals surface area contributed by atoms with Gasteiger partial charge in [-0.1, -0.05) is 6.42 Å². The van der Waals surface area contributed by atoms with E-state index in [4.69, 9.17) is 9.47 Å². The van der Waals surface area contributed by atoms with E-state index in [-0.39, 0.29) is 0 Å². The van der Waals surface area contributed by atoms with Gasteiger partial charge in [0.25, 0.3) is 0 Å². The van der Waals surface area contributed by atoms with Gasteiger partial charge in [-0.2, -0.15) is 4.39 Å². The molecule has 1 aromatic rings. The zero-order valence-corrected chi connectivity index (χ0v) is 12.5. The summed E-state index contributed by atoms with van der Waals surface area (Å²) in [6.45, 7) is 7.69. The number of rotatable bonds is 6. The summed E-state index contributed by atoms with van der Waals surface area (Å²) in [5, 5.41) is 0. The van der Waals surface area contributed by atoms with Crippen LogP contribution in [0.5, 0.6) is 11.5 Å². The Bertz CT molecular complexity index is 403. The van der Waals surface area contributed by atoms with Crippen LogP contribution in [0.15, 0.2) is 12.1 Å². The van der Waals surface area contributed by atoms with Gasteiger partial charge >= 0.3 is 0 Å². The maximum Gasteiger partial charge on any atom is 0.206 e. The summed E-state index contributed by atoms with van der Waals surface area (Å²) in [5.74, 6) is 0.201. The Labute approximate surface area is 120 Å². The van der Waals surface area contributed by atoms with E-state index in [0.717, 1.165) is 25.2 Å². The minimum Gasteiger partial charge on any atom is -0.491 e. The molecule has 0 N–H and O–H groups in total. The van der Waals surface area contributed by atoms with Crippen LogP contribution in [0.25, 0.3) is 0 Å². The average molecular weight is 281 g/mol. The molecule has 1 aliphatic heterocycles. The Morgan fingerprint density at radius 3 is 2.05 bits per heavy atom. The van der Waals surface area contributed by atoms with Crippen molar-refractivity contribution in [1.82, 2.24) is 4.90 Å². The molecule has 0 atom stereocenters. The van der Waals surface area contributed by atoms with Crippen molar-refractivity contribution < 1.29 is 13.9 Å². The van der Waals surface area contributed by atoms with Crippen LogP contribution in [0.2, 0.25) is 0 Å². The molecule has 1 aliphatic rings. The zero-order valence-electron chi connectivity index (χ0n) is 12.5. The van der Waals surface area contributed by atoms with Crippen LogP contribution < -0.4 is 9.47 Å². The van der Waals surface area contributed by atoms with Crippen LogP contribution in [0.1, 0.15) is 38.7 Å².